The van der Waals surface area contributed by atoms with Gasteiger partial charge in [-0.15, -0.1) is 0 Å². The van der Waals surface area contributed by atoms with Crippen LogP contribution in [-0.4, -0.2) is 30.6 Å². The molecule has 1 heterocycles. The van der Waals surface area contributed by atoms with Crippen LogP contribution in [0.3, 0.4) is 0 Å². The molecule has 0 atom stereocenters. The number of rotatable bonds is 2. The molecule has 2 N–H and O–H groups in total. The van der Waals surface area contributed by atoms with Crippen molar-refractivity contribution in [3.8, 4) is 0 Å². The molecule has 0 aliphatic carbocycles. The summed E-state index contributed by atoms with van der Waals surface area (Å²) in [5.74, 6) is 0. The molecule has 0 aromatic carbocycles. The lowest BCUT2D eigenvalue weighted by molar-refractivity contribution is 0.579. The number of H-pyrrole nitrogens is 1. The summed E-state index contributed by atoms with van der Waals surface area (Å²) in [6, 6.07) is 0. The van der Waals surface area contributed by atoms with E-state index < -0.39 is 10.0 Å². The van der Waals surface area contributed by atoms with Crippen molar-refractivity contribution in [3.05, 3.63) is 6.33 Å². The van der Waals surface area contributed by atoms with Gasteiger partial charge in [-0.2, -0.15) is 5.10 Å². The number of sulfonamides is 1. The summed E-state index contributed by atoms with van der Waals surface area (Å²) in [7, 11) is -2.13. The van der Waals surface area contributed by atoms with E-state index in [4.69, 9.17) is 0 Å². The second-order valence-electron chi connectivity index (χ2n) is 1.50. The summed E-state index contributed by atoms with van der Waals surface area (Å²) in [6.07, 6.45) is 1.13. The van der Waals surface area contributed by atoms with E-state index in [2.05, 4.69) is 19.9 Å². The van der Waals surface area contributed by atoms with Gasteiger partial charge in [0, 0.05) is 0 Å². The Kier molecular flexibility index (Phi) is 1.68. The Morgan fingerprint density at radius 1 is 1.70 bits per heavy atom. The number of nitrogens with zero attached hydrogens (tertiary/aromatic N) is 2. The van der Waals surface area contributed by atoms with Crippen molar-refractivity contribution in [1.29, 1.82) is 0 Å². The monoisotopic (exact) mass is 162 g/mol. The number of hydrogen-bond acceptors (Lipinski definition) is 4. The smallest absolute Gasteiger partial charge is 0.249 e. The molecule has 0 bridgehead atoms. The van der Waals surface area contributed by atoms with Gasteiger partial charge >= 0.3 is 0 Å². The fourth-order valence-corrected chi connectivity index (χ4v) is 0.973. The van der Waals surface area contributed by atoms with Gasteiger partial charge in [0.2, 0.25) is 0 Å². The second kappa shape index (κ2) is 2.35. The maximum atomic E-state index is 10.8. The summed E-state index contributed by atoms with van der Waals surface area (Å²) >= 11 is 0. The van der Waals surface area contributed by atoms with Crippen molar-refractivity contribution in [1.82, 2.24) is 19.9 Å². The van der Waals surface area contributed by atoms with Crippen molar-refractivity contribution in [2.45, 2.75) is 5.16 Å². The molecule has 56 valence electrons. The zero-order valence-corrected chi connectivity index (χ0v) is 6.01. The fraction of sp³-hybridized carbons (Fsp3) is 0.333. The molecule has 0 radical (unpaired) electrons. The molecule has 1 aromatic rings. The first kappa shape index (κ1) is 7.16. The van der Waals surface area contributed by atoms with Crippen LogP contribution < -0.4 is 4.72 Å². The molecular formula is C3H6N4O2S. The standard InChI is InChI=1S/C3H6N4O2S/c1-4-10(8,9)3-5-2-6-7-3/h2,4H,1H3,(H,5,6,7). The summed E-state index contributed by atoms with van der Waals surface area (Å²) < 4.78 is 23.7. The van der Waals surface area contributed by atoms with Crippen molar-refractivity contribution in [2.24, 2.45) is 0 Å². The maximum Gasteiger partial charge on any atom is 0.275 e. The van der Waals surface area contributed by atoms with Gasteiger partial charge in [-0.3, -0.25) is 0 Å². The highest BCUT2D eigenvalue weighted by Gasteiger charge is 2.13. The lowest BCUT2D eigenvalue weighted by Gasteiger charge is -1.93. The molecule has 6 nitrogen and oxygen atoms in total. The minimum Gasteiger partial charge on any atom is -0.249 e. The molecule has 0 saturated heterocycles. The second-order valence-corrected chi connectivity index (χ2v) is 3.30. The van der Waals surface area contributed by atoms with Crippen molar-refractivity contribution < 1.29 is 8.42 Å². The molecule has 1 rings (SSSR count). The lowest BCUT2D eigenvalue weighted by Crippen LogP contribution is -2.19. The van der Waals surface area contributed by atoms with Crippen LogP contribution in [0.5, 0.6) is 0 Å². The first-order chi connectivity index (χ1) is 4.67. The Morgan fingerprint density at radius 3 is 2.80 bits per heavy atom. The Morgan fingerprint density at radius 2 is 2.40 bits per heavy atom. The summed E-state index contributed by atoms with van der Waals surface area (Å²) in [4.78, 5) is 3.44. The average molecular weight is 162 g/mol. The number of aromatic nitrogens is 3. The summed E-state index contributed by atoms with van der Waals surface area (Å²) in [6.45, 7) is 0. The van der Waals surface area contributed by atoms with Gasteiger partial charge in [0.15, 0.2) is 0 Å². The number of hydrogen-bond donors (Lipinski definition) is 2. The van der Waals surface area contributed by atoms with Crippen LogP contribution in [0.2, 0.25) is 0 Å². The highest BCUT2D eigenvalue weighted by molar-refractivity contribution is 7.89. The van der Waals surface area contributed by atoms with E-state index in [-0.39, 0.29) is 5.16 Å². The molecule has 0 aliphatic heterocycles. The quantitative estimate of drug-likeness (QED) is 0.566. The third-order valence-electron chi connectivity index (χ3n) is 0.916. The Bertz CT molecular complexity index is 288. The minimum atomic E-state index is -3.43. The first-order valence-electron chi connectivity index (χ1n) is 2.46. The van der Waals surface area contributed by atoms with E-state index in [0.717, 1.165) is 6.33 Å². The van der Waals surface area contributed by atoms with E-state index in [1.807, 2.05) is 0 Å². The molecule has 0 saturated carbocycles. The Labute approximate surface area is 57.7 Å². The normalized spacial score (nSPS) is 11.7. The molecule has 1 aromatic heterocycles. The van der Waals surface area contributed by atoms with Crippen molar-refractivity contribution in [2.75, 3.05) is 7.05 Å². The van der Waals surface area contributed by atoms with E-state index in [9.17, 15) is 8.42 Å². The van der Waals surface area contributed by atoms with Gasteiger partial charge in [0.05, 0.1) is 0 Å². The largest absolute Gasteiger partial charge is 0.275 e. The highest BCUT2D eigenvalue weighted by Crippen LogP contribution is 1.94. The molecule has 0 unspecified atom stereocenters. The fourth-order valence-electron chi connectivity index (χ4n) is 0.420. The molecule has 0 aliphatic rings. The minimum absolute atomic E-state index is 0.171. The topological polar surface area (TPSA) is 87.7 Å². The van der Waals surface area contributed by atoms with Gasteiger partial charge in [-0.1, -0.05) is 0 Å². The van der Waals surface area contributed by atoms with Crippen molar-refractivity contribution in [3.63, 3.8) is 0 Å². The predicted octanol–water partition coefficient (Wildman–Crippen LogP) is -1.29. The Balaban J connectivity index is 3.09. The molecule has 0 amide bonds. The Hall–Kier alpha value is -0.950. The highest BCUT2D eigenvalue weighted by atomic mass is 32.2. The summed E-state index contributed by atoms with van der Waals surface area (Å²) in [5, 5.41) is 5.43. The molecule has 0 fully saturated rings. The predicted molar refractivity (Wildman–Crippen MR) is 32.6 cm³/mol. The third kappa shape index (κ3) is 1.14. The average Bonchev–Trinajstić information content (AvgIpc) is 2.38. The summed E-state index contributed by atoms with van der Waals surface area (Å²) in [5.41, 5.74) is 0. The van der Waals surface area contributed by atoms with Crippen LogP contribution in [0, 0.1) is 0 Å². The van der Waals surface area contributed by atoms with E-state index in [1.165, 1.54) is 7.05 Å². The zero-order chi connectivity index (χ0) is 7.61. The molecule has 7 heteroatoms. The van der Waals surface area contributed by atoms with Gasteiger partial charge in [-0.05, 0) is 7.05 Å². The van der Waals surface area contributed by atoms with Crippen LogP contribution >= 0.6 is 0 Å². The lowest BCUT2D eigenvalue weighted by atomic mass is 11.3. The van der Waals surface area contributed by atoms with Crippen LogP contribution in [-0.2, 0) is 10.0 Å². The molecular weight excluding hydrogens is 156 g/mol. The van der Waals surface area contributed by atoms with Gasteiger partial charge < -0.3 is 0 Å². The third-order valence-corrected chi connectivity index (χ3v) is 2.16. The molecule has 0 spiro atoms. The zero-order valence-electron chi connectivity index (χ0n) is 5.20. The number of nitrogens with one attached hydrogen (secondary N) is 2. The first-order valence-corrected chi connectivity index (χ1v) is 3.94. The van der Waals surface area contributed by atoms with Crippen LogP contribution in [0.4, 0.5) is 0 Å². The SMILES string of the molecule is CNS(=O)(=O)c1ncn[nH]1. The van der Waals surface area contributed by atoms with Gasteiger partial charge in [0.25, 0.3) is 15.2 Å². The maximum absolute atomic E-state index is 10.8. The molecule has 10 heavy (non-hydrogen) atoms. The van der Waals surface area contributed by atoms with Crippen LogP contribution in [0.25, 0.3) is 0 Å². The van der Waals surface area contributed by atoms with E-state index in [1.54, 1.807) is 0 Å². The van der Waals surface area contributed by atoms with E-state index >= 15 is 0 Å². The van der Waals surface area contributed by atoms with Crippen LogP contribution in [0.15, 0.2) is 11.5 Å². The van der Waals surface area contributed by atoms with Gasteiger partial charge in [0.1, 0.15) is 6.33 Å². The van der Waals surface area contributed by atoms with Gasteiger partial charge in [-0.25, -0.2) is 23.2 Å². The van der Waals surface area contributed by atoms with Crippen LogP contribution in [0.1, 0.15) is 0 Å². The van der Waals surface area contributed by atoms with E-state index in [0.29, 0.717) is 0 Å². The van der Waals surface area contributed by atoms with Crippen molar-refractivity contribution >= 4 is 10.0 Å². The number of aromatic amines is 1.